The third-order valence-corrected chi connectivity index (χ3v) is 2.58. The highest BCUT2D eigenvalue weighted by Crippen LogP contribution is 2.16. The van der Waals surface area contributed by atoms with Gasteiger partial charge in [-0.05, 0) is 31.5 Å². The molecule has 0 aliphatic heterocycles. The topological polar surface area (TPSA) is 34.1 Å². The zero-order valence-electron chi connectivity index (χ0n) is 10.5. The van der Waals surface area contributed by atoms with Crippen LogP contribution in [0.2, 0.25) is 0 Å². The Bertz CT molecular complexity index is 302. The lowest BCUT2D eigenvalue weighted by Gasteiger charge is -2.19. The zero-order valence-corrected chi connectivity index (χ0v) is 10.5. The molecule has 0 aliphatic carbocycles. The van der Waals surface area contributed by atoms with Crippen molar-refractivity contribution in [3.63, 3.8) is 0 Å². The van der Waals surface area contributed by atoms with Crippen LogP contribution in [0, 0.1) is 0 Å². The van der Waals surface area contributed by atoms with Crippen molar-refractivity contribution < 1.29 is 4.74 Å². The lowest BCUT2D eigenvalue weighted by molar-refractivity contribution is 0.122. The SMILES string of the molecule is CCNC(COCC)c1ncccc1CC. The Hall–Kier alpha value is -0.930. The van der Waals surface area contributed by atoms with E-state index in [4.69, 9.17) is 4.74 Å². The average Bonchev–Trinajstić information content (AvgIpc) is 2.34. The molecule has 0 saturated carbocycles. The molecule has 0 spiro atoms. The second kappa shape index (κ2) is 7.36. The van der Waals surface area contributed by atoms with Gasteiger partial charge in [0.05, 0.1) is 18.3 Å². The molecule has 0 aliphatic rings. The summed E-state index contributed by atoms with van der Waals surface area (Å²) in [5.41, 5.74) is 2.42. The molecule has 1 heterocycles. The molecule has 16 heavy (non-hydrogen) atoms. The molecule has 0 aromatic carbocycles. The number of likely N-dealkylation sites (N-methyl/N-ethyl adjacent to an activating group) is 1. The predicted octanol–water partition coefficient (Wildman–Crippen LogP) is 2.33. The number of nitrogens with zero attached hydrogens (tertiary/aromatic N) is 1. The Labute approximate surface area is 98.2 Å². The molecular formula is C13H22N2O. The number of aryl methyl sites for hydroxylation is 1. The lowest BCUT2D eigenvalue weighted by Crippen LogP contribution is -2.27. The van der Waals surface area contributed by atoms with Gasteiger partial charge in [0.2, 0.25) is 0 Å². The first-order chi connectivity index (χ1) is 7.83. The van der Waals surface area contributed by atoms with Crippen molar-refractivity contribution >= 4 is 0 Å². The first-order valence-corrected chi connectivity index (χ1v) is 6.08. The van der Waals surface area contributed by atoms with Gasteiger partial charge in [-0.3, -0.25) is 4.98 Å². The van der Waals surface area contributed by atoms with Gasteiger partial charge in [0, 0.05) is 12.8 Å². The molecule has 0 amide bonds. The van der Waals surface area contributed by atoms with Gasteiger partial charge in [-0.25, -0.2) is 0 Å². The van der Waals surface area contributed by atoms with Gasteiger partial charge in [0.1, 0.15) is 0 Å². The summed E-state index contributed by atoms with van der Waals surface area (Å²) >= 11 is 0. The van der Waals surface area contributed by atoms with Gasteiger partial charge >= 0.3 is 0 Å². The molecule has 1 atom stereocenters. The van der Waals surface area contributed by atoms with E-state index in [1.807, 2.05) is 19.2 Å². The van der Waals surface area contributed by atoms with Crippen molar-refractivity contribution in [1.29, 1.82) is 0 Å². The molecule has 1 unspecified atom stereocenters. The monoisotopic (exact) mass is 222 g/mol. The Morgan fingerprint density at radius 3 is 2.81 bits per heavy atom. The molecular weight excluding hydrogens is 200 g/mol. The first kappa shape index (κ1) is 13.1. The summed E-state index contributed by atoms with van der Waals surface area (Å²) in [7, 11) is 0. The molecule has 3 nitrogen and oxygen atoms in total. The lowest BCUT2D eigenvalue weighted by atomic mass is 10.1. The maximum absolute atomic E-state index is 5.50. The van der Waals surface area contributed by atoms with E-state index in [0.717, 1.165) is 25.3 Å². The van der Waals surface area contributed by atoms with Crippen LogP contribution in [0.25, 0.3) is 0 Å². The highest BCUT2D eigenvalue weighted by Gasteiger charge is 2.14. The van der Waals surface area contributed by atoms with Gasteiger partial charge in [0.15, 0.2) is 0 Å². The van der Waals surface area contributed by atoms with Crippen LogP contribution in [0.1, 0.15) is 38.1 Å². The summed E-state index contributed by atoms with van der Waals surface area (Å²) in [6.07, 6.45) is 2.86. The Kier molecular flexibility index (Phi) is 6.04. The highest BCUT2D eigenvalue weighted by atomic mass is 16.5. The van der Waals surface area contributed by atoms with Crippen LogP contribution < -0.4 is 5.32 Å². The van der Waals surface area contributed by atoms with Crippen LogP contribution in [-0.4, -0.2) is 24.7 Å². The fraction of sp³-hybridized carbons (Fsp3) is 0.615. The number of nitrogens with one attached hydrogen (secondary N) is 1. The van der Waals surface area contributed by atoms with Crippen molar-refractivity contribution in [2.45, 2.75) is 33.2 Å². The smallest absolute Gasteiger partial charge is 0.0735 e. The van der Waals surface area contributed by atoms with Crippen molar-refractivity contribution in [2.24, 2.45) is 0 Å². The minimum atomic E-state index is 0.209. The van der Waals surface area contributed by atoms with Crippen molar-refractivity contribution in [1.82, 2.24) is 10.3 Å². The largest absolute Gasteiger partial charge is 0.380 e. The number of hydrogen-bond donors (Lipinski definition) is 1. The Balaban J connectivity index is 2.81. The minimum Gasteiger partial charge on any atom is -0.380 e. The number of aromatic nitrogens is 1. The van der Waals surface area contributed by atoms with E-state index in [2.05, 4.69) is 30.2 Å². The van der Waals surface area contributed by atoms with E-state index in [9.17, 15) is 0 Å². The van der Waals surface area contributed by atoms with Gasteiger partial charge in [-0.15, -0.1) is 0 Å². The molecule has 0 fully saturated rings. The normalized spacial score (nSPS) is 12.7. The molecule has 1 aromatic heterocycles. The summed E-state index contributed by atoms with van der Waals surface area (Å²) in [5.74, 6) is 0. The molecule has 1 N–H and O–H groups in total. The molecule has 0 saturated heterocycles. The van der Waals surface area contributed by atoms with E-state index in [0.29, 0.717) is 6.61 Å². The van der Waals surface area contributed by atoms with Crippen LogP contribution in [-0.2, 0) is 11.2 Å². The third kappa shape index (κ3) is 3.58. The Morgan fingerprint density at radius 2 is 2.19 bits per heavy atom. The van der Waals surface area contributed by atoms with Crippen molar-refractivity contribution in [3.8, 4) is 0 Å². The number of hydrogen-bond acceptors (Lipinski definition) is 3. The van der Waals surface area contributed by atoms with Gasteiger partial charge < -0.3 is 10.1 Å². The van der Waals surface area contributed by atoms with Crippen molar-refractivity contribution in [2.75, 3.05) is 19.8 Å². The maximum atomic E-state index is 5.50. The zero-order chi connectivity index (χ0) is 11.8. The van der Waals surface area contributed by atoms with Crippen LogP contribution in [0.4, 0.5) is 0 Å². The number of rotatable bonds is 7. The first-order valence-electron chi connectivity index (χ1n) is 6.08. The number of pyridine rings is 1. The average molecular weight is 222 g/mol. The summed E-state index contributed by atoms with van der Waals surface area (Å²) in [6, 6.07) is 4.34. The van der Waals surface area contributed by atoms with Gasteiger partial charge in [-0.1, -0.05) is 19.9 Å². The highest BCUT2D eigenvalue weighted by molar-refractivity contribution is 5.22. The molecule has 1 rings (SSSR count). The summed E-state index contributed by atoms with van der Waals surface area (Å²) in [6.45, 7) is 8.64. The van der Waals surface area contributed by atoms with Crippen LogP contribution >= 0.6 is 0 Å². The summed E-state index contributed by atoms with van der Waals surface area (Å²) in [5, 5.41) is 3.42. The fourth-order valence-corrected chi connectivity index (χ4v) is 1.78. The molecule has 1 aromatic rings. The summed E-state index contributed by atoms with van der Waals surface area (Å²) in [4.78, 5) is 4.48. The quantitative estimate of drug-likeness (QED) is 0.769. The Morgan fingerprint density at radius 1 is 1.38 bits per heavy atom. The summed E-state index contributed by atoms with van der Waals surface area (Å²) < 4.78 is 5.50. The minimum absolute atomic E-state index is 0.209. The van der Waals surface area contributed by atoms with E-state index in [1.54, 1.807) is 0 Å². The van der Waals surface area contributed by atoms with Crippen molar-refractivity contribution in [3.05, 3.63) is 29.6 Å². The van der Waals surface area contributed by atoms with Crippen LogP contribution in [0.15, 0.2) is 18.3 Å². The van der Waals surface area contributed by atoms with Gasteiger partial charge in [-0.2, -0.15) is 0 Å². The predicted molar refractivity (Wildman–Crippen MR) is 66.5 cm³/mol. The standard InChI is InChI=1S/C13H22N2O/c1-4-11-8-7-9-15-13(11)12(14-5-2)10-16-6-3/h7-9,12,14H,4-6,10H2,1-3H3. The van der Waals surface area contributed by atoms with E-state index in [-0.39, 0.29) is 6.04 Å². The van der Waals surface area contributed by atoms with E-state index in [1.165, 1.54) is 5.56 Å². The van der Waals surface area contributed by atoms with E-state index >= 15 is 0 Å². The van der Waals surface area contributed by atoms with E-state index < -0.39 is 0 Å². The van der Waals surface area contributed by atoms with Crippen LogP contribution in [0.5, 0.6) is 0 Å². The molecule has 0 bridgehead atoms. The molecule has 0 radical (unpaired) electrons. The third-order valence-electron chi connectivity index (χ3n) is 2.58. The number of ether oxygens (including phenoxy) is 1. The van der Waals surface area contributed by atoms with Crippen LogP contribution in [0.3, 0.4) is 0 Å². The molecule has 3 heteroatoms. The maximum Gasteiger partial charge on any atom is 0.0735 e. The fourth-order valence-electron chi connectivity index (χ4n) is 1.78. The molecule has 90 valence electrons. The van der Waals surface area contributed by atoms with Gasteiger partial charge in [0.25, 0.3) is 0 Å². The second-order valence-electron chi connectivity index (χ2n) is 3.67. The second-order valence-corrected chi connectivity index (χ2v) is 3.67.